The van der Waals surface area contributed by atoms with Gasteiger partial charge in [0.05, 0.1) is 52.9 Å². The van der Waals surface area contributed by atoms with E-state index in [9.17, 15) is 9.59 Å². The average Bonchev–Trinajstić information content (AvgIpc) is 3.55. The monoisotopic (exact) mass is 466 g/mol. The molecule has 0 saturated carbocycles. The highest BCUT2D eigenvalue weighted by molar-refractivity contribution is 7.22. The second-order valence-corrected chi connectivity index (χ2v) is 10.4. The molecule has 0 atom stereocenters. The number of fused-ring (bicyclic) bond motifs is 10. The lowest BCUT2D eigenvalue weighted by atomic mass is 10.1. The van der Waals surface area contributed by atoms with Crippen molar-refractivity contribution < 1.29 is 9.59 Å². The second kappa shape index (κ2) is 6.94. The molecule has 0 spiro atoms. The summed E-state index contributed by atoms with van der Waals surface area (Å²) >= 11 is 4.28. The van der Waals surface area contributed by atoms with Gasteiger partial charge >= 0.3 is 0 Å². The van der Waals surface area contributed by atoms with Gasteiger partial charge in [-0.2, -0.15) is 8.75 Å². The highest BCUT2D eigenvalue weighted by Gasteiger charge is 2.27. The van der Waals surface area contributed by atoms with Crippen molar-refractivity contribution in [1.82, 2.24) is 17.9 Å². The number of rotatable bonds is 6. The third-order valence-electron chi connectivity index (χ3n) is 5.83. The van der Waals surface area contributed by atoms with E-state index in [-0.39, 0.29) is 0 Å². The van der Waals surface area contributed by atoms with E-state index in [1.165, 1.54) is 45.4 Å². The average molecular weight is 467 g/mol. The maximum Gasteiger partial charge on any atom is 0.160 e. The smallest absolute Gasteiger partial charge is 0.160 e. The Morgan fingerprint density at radius 1 is 0.806 bits per heavy atom. The Morgan fingerprint density at radius 3 is 1.65 bits per heavy atom. The van der Waals surface area contributed by atoms with E-state index in [1.807, 2.05) is 12.1 Å². The van der Waals surface area contributed by atoms with E-state index >= 15 is 0 Å². The summed E-state index contributed by atoms with van der Waals surface area (Å²) in [5, 5.41) is 2.19. The number of hydrogen-bond acceptors (Lipinski definition) is 7. The fraction of sp³-hybridized carbons (Fsp3) is 0.273. The molecule has 0 unspecified atom stereocenters. The van der Waals surface area contributed by atoms with Crippen LogP contribution in [0.25, 0.3) is 53.3 Å². The molecule has 0 aliphatic carbocycles. The molecular formula is C22H18N4O2S3. The van der Waals surface area contributed by atoms with Gasteiger partial charge in [0.2, 0.25) is 0 Å². The van der Waals surface area contributed by atoms with Crippen molar-refractivity contribution >= 4 is 100 Å². The van der Waals surface area contributed by atoms with Crippen LogP contribution in [0.2, 0.25) is 0 Å². The number of carbonyl (C=O) groups is 2. The molecule has 0 fully saturated rings. The third kappa shape index (κ3) is 2.42. The Bertz CT molecular complexity index is 1540. The molecule has 0 bridgehead atoms. The van der Waals surface area contributed by atoms with E-state index in [0.717, 1.165) is 90.5 Å². The minimum atomic E-state index is 0.730. The minimum Gasteiger partial charge on any atom is -0.338 e. The van der Waals surface area contributed by atoms with Crippen LogP contribution in [-0.4, -0.2) is 30.5 Å². The molecule has 0 amide bonds. The van der Waals surface area contributed by atoms with Crippen LogP contribution in [0.4, 0.5) is 0 Å². The topological polar surface area (TPSA) is 69.8 Å². The first-order chi connectivity index (χ1) is 15.2. The highest BCUT2D eigenvalue weighted by Crippen LogP contribution is 2.47. The summed E-state index contributed by atoms with van der Waals surface area (Å²) in [5.74, 6) is 0. The van der Waals surface area contributed by atoms with Gasteiger partial charge in [-0.1, -0.05) is 13.8 Å². The fourth-order valence-corrected chi connectivity index (χ4v) is 7.37. The number of aldehydes is 2. The standard InChI is InChI=1S/C22H18N4O2S3/c1-3-5-25-13-7-11(9-27)29-21(13)15-17-18(24-31-23-17)16-20(19(15)25)26(6-4-2)14-8-12(10-28)30-22(14)16/h7-10H,3-6H2,1-2H3. The van der Waals surface area contributed by atoms with Crippen LogP contribution >= 0.6 is 34.4 Å². The van der Waals surface area contributed by atoms with E-state index in [0.29, 0.717) is 0 Å². The van der Waals surface area contributed by atoms with Crippen molar-refractivity contribution in [3.8, 4) is 0 Å². The molecule has 0 N–H and O–H groups in total. The second-order valence-electron chi connectivity index (χ2n) is 7.67. The Kier molecular flexibility index (Phi) is 4.28. The largest absolute Gasteiger partial charge is 0.338 e. The van der Waals surface area contributed by atoms with Gasteiger partial charge in [0.25, 0.3) is 0 Å². The summed E-state index contributed by atoms with van der Waals surface area (Å²) in [7, 11) is 0. The van der Waals surface area contributed by atoms with Crippen molar-refractivity contribution in [2.75, 3.05) is 0 Å². The molecule has 0 saturated heterocycles. The SMILES string of the molecule is CCCn1c2cc(C=O)sc2c2c3nsnc3c3c4sc(C=O)cc4n(CCC)c3c21. The van der Waals surface area contributed by atoms with Crippen LogP contribution in [0.15, 0.2) is 12.1 Å². The molecule has 9 heteroatoms. The molecule has 6 nitrogen and oxygen atoms in total. The number of thiophene rings is 2. The number of hydrogen-bond donors (Lipinski definition) is 0. The van der Waals surface area contributed by atoms with Crippen LogP contribution in [0.3, 0.4) is 0 Å². The van der Waals surface area contributed by atoms with E-state index in [2.05, 4.69) is 23.0 Å². The molecule has 156 valence electrons. The first-order valence-corrected chi connectivity index (χ1v) is 12.6. The Hall–Kier alpha value is -2.62. The van der Waals surface area contributed by atoms with Crippen LogP contribution in [0.1, 0.15) is 46.0 Å². The lowest BCUT2D eigenvalue weighted by molar-refractivity contribution is 0.111. The molecule has 5 heterocycles. The van der Waals surface area contributed by atoms with Crippen LogP contribution in [-0.2, 0) is 13.1 Å². The first kappa shape index (κ1) is 19.1. The molecule has 6 aromatic rings. The Morgan fingerprint density at radius 2 is 1.26 bits per heavy atom. The lowest BCUT2D eigenvalue weighted by Crippen LogP contribution is -2.01. The molecule has 6 rings (SSSR count). The highest BCUT2D eigenvalue weighted by atomic mass is 32.1. The minimum absolute atomic E-state index is 0.730. The quantitative estimate of drug-likeness (QED) is 0.264. The summed E-state index contributed by atoms with van der Waals surface area (Å²) in [6, 6.07) is 4.00. The Labute approximate surface area is 189 Å². The molecule has 1 aromatic carbocycles. The van der Waals surface area contributed by atoms with E-state index < -0.39 is 0 Å². The molecule has 0 radical (unpaired) electrons. The van der Waals surface area contributed by atoms with Crippen molar-refractivity contribution in [2.24, 2.45) is 0 Å². The van der Waals surface area contributed by atoms with E-state index in [4.69, 9.17) is 8.75 Å². The molecule has 0 aliphatic rings. The van der Waals surface area contributed by atoms with Gasteiger partial charge < -0.3 is 9.13 Å². The number of aromatic nitrogens is 4. The zero-order chi connectivity index (χ0) is 21.3. The Balaban J connectivity index is 1.96. The maximum atomic E-state index is 11.5. The van der Waals surface area contributed by atoms with Crippen LogP contribution < -0.4 is 0 Å². The number of aryl methyl sites for hydroxylation is 2. The third-order valence-corrected chi connectivity index (χ3v) is 8.49. The summed E-state index contributed by atoms with van der Waals surface area (Å²) in [6.07, 6.45) is 3.83. The molecule has 31 heavy (non-hydrogen) atoms. The lowest BCUT2D eigenvalue weighted by Gasteiger charge is -2.11. The van der Waals surface area contributed by atoms with Gasteiger partial charge in [0.15, 0.2) is 12.6 Å². The molecular weight excluding hydrogens is 448 g/mol. The summed E-state index contributed by atoms with van der Waals surface area (Å²) < 4.78 is 16.3. The van der Waals surface area contributed by atoms with Crippen molar-refractivity contribution in [2.45, 2.75) is 39.8 Å². The van der Waals surface area contributed by atoms with Crippen LogP contribution in [0.5, 0.6) is 0 Å². The van der Waals surface area contributed by atoms with Crippen molar-refractivity contribution in [3.63, 3.8) is 0 Å². The van der Waals surface area contributed by atoms with Gasteiger partial charge in [0, 0.05) is 23.9 Å². The van der Waals surface area contributed by atoms with Gasteiger partial charge in [-0.05, 0) is 25.0 Å². The van der Waals surface area contributed by atoms with Gasteiger partial charge in [-0.3, -0.25) is 9.59 Å². The maximum absolute atomic E-state index is 11.5. The first-order valence-electron chi connectivity index (χ1n) is 10.3. The summed E-state index contributed by atoms with van der Waals surface area (Å²) in [6.45, 7) is 6.06. The van der Waals surface area contributed by atoms with E-state index in [1.54, 1.807) is 0 Å². The van der Waals surface area contributed by atoms with Crippen molar-refractivity contribution in [3.05, 3.63) is 21.9 Å². The zero-order valence-corrected chi connectivity index (χ0v) is 19.4. The number of nitrogens with zero attached hydrogens (tertiary/aromatic N) is 4. The van der Waals surface area contributed by atoms with Gasteiger partial charge in [-0.15, -0.1) is 22.7 Å². The molecule has 5 aromatic heterocycles. The number of benzene rings is 1. The normalized spacial score (nSPS) is 12.3. The number of carbonyl (C=O) groups excluding carboxylic acids is 2. The van der Waals surface area contributed by atoms with Gasteiger partial charge in [-0.25, -0.2) is 0 Å². The summed E-state index contributed by atoms with van der Waals surface area (Å²) in [4.78, 5) is 24.5. The van der Waals surface area contributed by atoms with Crippen molar-refractivity contribution in [1.29, 1.82) is 0 Å². The fourth-order valence-electron chi connectivity index (χ4n) is 4.76. The predicted octanol–water partition coefficient (Wildman–Crippen LogP) is 6.48. The summed E-state index contributed by atoms with van der Waals surface area (Å²) in [5.41, 5.74) is 6.30. The zero-order valence-electron chi connectivity index (χ0n) is 17.0. The van der Waals surface area contributed by atoms with Gasteiger partial charge in [0.1, 0.15) is 11.0 Å². The molecule has 0 aliphatic heterocycles. The van der Waals surface area contributed by atoms with Crippen LogP contribution in [0, 0.1) is 0 Å². The predicted molar refractivity (Wildman–Crippen MR) is 131 cm³/mol.